The minimum Gasteiger partial charge on any atom is -0.456 e. The van der Waals surface area contributed by atoms with E-state index in [1.807, 2.05) is 24.3 Å². The van der Waals surface area contributed by atoms with Crippen molar-refractivity contribution in [2.45, 2.75) is 0 Å². The Kier molecular flexibility index (Phi) is 5.96. The molecule has 274 valence electrons. The molecule has 0 saturated carbocycles. The van der Waals surface area contributed by atoms with Gasteiger partial charge in [-0.15, -0.1) is 0 Å². The zero-order valence-corrected chi connectivity index (χ0v) is 31.4. The maximum absolute atomic E-state index is 7.30. The van der Waals surface area contributed by atoms with Crippen LogP contribution in [0.4, 0.5) is 0 Å². The van der Waals surface area contributed by atoms with Crippen molar-refractivity contribution in [1.29, 1.82) is 0 Å². The largest absolute Gasteiger partial charge is 0.456 e. The molecule has 0 atom stereocenters. The van der Waals surface area contributed by atoms with Crippen molar-refractivity contribution in [2.24, 2.45) is 0 Å². The fourth-order valence-electron chi connectivity index (χ4n) is 9.92. The van der Waals surface area contributed by atoms with Crippen LogP contribution >= 0.6 is 0 Å². The van der Waals surface area contributed by atoms with E-state index < -0.39 is 0 Å². The molecule has 5 aromatic heterocycles. The highest BCUT2D eigenvalue weighted by molar-refractivity contribution is 6.29. The van der Waals surface area contributed by atoms with Gasteiger partial charge in [-0.3, -0.25) is 0 Å². The molecule has 0 saturated heterocycles. The predicted molar refractivity (Wildman–Crippen MR) is 242 cm³/mol. The summed E-state index contributed by atoms with van der Waals surface area (Å²) in [5, 5.41) is 11.1. The monoisotopic (exact) mass is 754 g/mol. The second kappa shape index (κ2) is 11.3. The highest BCUT2D eigenvalue weighted by Crippen LogP contribution is 2.46. The van der Waals surface area contributed by atoms with E-state index in [2.05, 4.69) is 167 Å². The predicted octanol–water partition coefficient (Wildman–Crippen LogP) is 15.2. The lowest BCUT2D eigenvalue weighted by Crippen LogP contribution is -1.93. The number of nitrogens with zero attached hydrogens (tertiary/aromatic N) is 2. The highest BCUT2D eigenvalue weighted by atomic mass is 16.3. The quantitative estimate of drug-likeness (QED) is 0.180. The number of hydrogen-bond donors (Lipinski definition) is 0. The zero-order chi connectivity index (χ0) is 38.3. The molecular formula is C54H30N2O3. The summed E-state index contributed by atoms with van der Waals surface area (Å²) in [4.78, 5) is 0. The lowest BCUT2D eigenvalue weighted by atomic mass is 10.00. The van der Waals surface area contributed by atoms with Crippen molar-refractivity contribution in [3.05, 3.63) is 182 Å². The van der Waals surface area contributed by atoms with Gasteiger partial charge in [0.2, 0.25) is 0 Å². The van der Waals surface area contributed by atoms with Gasteiger partial charge < -0.3 is 22.4 Å². The van der Waals surface area contributed by atoms with Crippen LogP contribution in [0.25, 0.3) is 132 Å². The second-order valence-corrected chi connectivity index (χ2v) is 15.6. The summed E-state index contributed by atoms with van der Waals surface area (Å²) in [6.45, 7) is 0. The third kappa shape index (κ3) is 4.18. The first-order chi connectivity index (χ1) is 29.2. The molecule has 0 bridgehead atoms. The SMILES string of the molecule is c1ccc(-n2c3ccccc3c3c4oc5c(ccc6c5c5cc(-c7ccc8oc9ccccc9c8c7)ccc5n6-c5ccc6oc7ccccc7c6c5)c4ccc32)cc1. The van der Waals surface area contributed by atoms with E-state index in [0.29, 0.717) is 0 Å². The van der Waals surface area contributed by atoms with Crippen LogP contribution in [0.15, 0.2) is 195 Å². The average molecular weight is 755 g/mol. The third-order valence-electron chi connectivity index (χ3n) is 12.5. The van der Waals surface area contributed by atoms with Crippen LogP contribution in [0.5, 0.6) is 0 Å². The molecule has 0 aliphatic carbocycles. The number of aromatic nitrogens is 2. The Morgan fingerprint density at radius 1 is 0.271 bits per heavy atom. The van der Waals surface area contributed by atoms with Gasteiger partial charge in [0, 0.05) is 54.5 Å². The van der Waals surface area contributed by atoms with Gasteiger partial charge in [0.1, 0.15) is 33.5 Å². The molecule has 0 spiro atoms. The van der Waals surface area contributed by atoms with Crippen LogP contribution in [0, 0.1) is 0 Å². The minimum atomic E-state index is 0.874. The molecule has 14 rings (SSSR count). The Bertz CT molecular complexity index is 4080. The number of hydrogen-bond acceptors (Lipinski definition) is 3. The van der Waals surface area contributed by atoms with Crippen molar-refractivity contribution in [3.63, 3.8) is 0 Å². The van der Waals surface area contributed by atoms with E-state index in [0.717, 1.165) is 127 Å². The second-order valence-electron chi connectivity index (χ2n) is 15.6. The first-order valence-electron chi connectivity index (χ1n) is 20.0. The standard InChI is InChI=1S/C54H30N2O3/c1-2-10-33(11-3-1)55-43-15-7-4-14-39(43)51-45(55)24-21-37-38-22-25-46-52(54(38)59-53(37)51)42-29-31(32-19-26-49-40(28-32)35-12-5-8-16-47(35)57-49)18-23-44(42)56(46)34-20-27-50-41(30-34)36-13-6-9-17-48(36)58-50/h1-30H. The molecule has 0 radical (unpaired) electrons. The van der Waals surface area contributed by atoms with Crippen LogP contribution < -0.4 is 0 Å². The van der Waals surface area contributed by atoms with Crippen LogP contribution in [-0.4, -0.2) is 9.13 Å². The Balaban J connectivity index is 1.09. The van der Waals surface area contributed by atoms with E-state index in [9.17, 15) is 0 Å². The molecule has 59 heavy (non-hydrogen) atoms. The summed E-state index contributed by atoms with van der Waals surface area (Å²) >= 11 is 0. The van der Waals surface area contributed by atoms with Gasteiger partial charge in [0.15, 0.2) is 0 Å². The van der Waals surface area contributed by atoms with Gasteiger partial charge >= 0.3 is 0 Å². The zero-order valence-electron chi connectivity index (χ0n) is 31.4. The number of fused-ring (bicyclic) bond motifs is 17. The molecule has 5 heterocycles. The van der Waals surface area contributed by atoms with Crippen LogP contribution in [-0.2, 0) is 0 Å². The van der Waals surface area contributed by atoms with Crippen LogP contribution in [0.2, 0.25) is 0 Å². The number of para-hydroxylation sites is 4. The lowest BCUT2D eigenvalue weighted by molar-refractivity contribution is 0.668. The van der Waals surface area contributed by atoms with Gasteiger partial charge in [-0.2, -0.15) is 0 Å². The average Bonchev–Trinajstić information content (AvgIpc) is 4.10. The molecule has 0 amide bonds. The Labute approximate surface area is 335 Å². The van der Waals surface area contributed by atoms with Crippen molar-refractivity contribution in [3.8, 4) is 22.5 Å². The molecule has 5 heteroatoms. The smallest absolute Gasteiger partial charge is 0.145 e. The number of rotatable bonds is 3. The van der Waals surface area contributed by atoms with E-state index >= 15 is 0 Å². The molecular weight excluding hydrogens is 725 g/mol. The van der Waals surface area contributed by atoms with Gasteiger partial charge in [-0.25, -0.2) is 0 Å². The van der Waals surface area contributed by atoms with E-state index in [1.54, 1.807) is 0 Å². The van der Waals surface area contributed by atoms with Crippen LogP contribution in [0.1, 0.15) is 0 Å². The van der Waals surface area contributed by atoms with Crippen molar-refractivity contribution < 1.29 is 13.3 Å². The number of benzene rings is 9. The van der Waals surface area contributed by atoms with Gasteiger partial charge in [-0.05, 0) is 108 Å². The molecule has 9 aromatic carbocycles. The Morgan fingerprint density at radius 3 is 1.47 bits per heavy atom. The summed E-state index contributed by atoms with van der Waals surface area (Å²) in [6, 6.07) is 64.7. The van der Waals surface area contributed by atoms with Gasteiger partial charge in [0.05, 0.1) is 32.8 Å². The van der Waals surface area contributed by atoms with Crippen molar-refractivity contribution >= 4 is 109 Å². The normalized spacial score (nSPS) is 12.4. The summed E-state index contributed by atoms with van der Waals surface area (Å²) in [7, 11) is 0. The maximum Gasteiger partial charge on any atom is 0.145 e. The fourth-order valence-corrected chi connectivity index (χ4v) is 9.92. The minimum absolute atomic E-state index is 0.874. The topological polar surface area (TPSA) is 49.3 Å². The fraction of sp³-hybridized carbons (Fsp3) is 0. The molecule has 0 fully saturated rings. The first-order valence-corrected chi connectivity index (χ1v) is 20.0. The first kappa shape index (κ1) is 31.1. The Hall–Kier alpha value is -8.02. The van der Waals surface area contributed by atoms with Gasteiger partial charge in [-0.1, -0.05) is 84.9 Å². The molecule has 14 aromatic rings. The molecule has 0 aliphatic rings. The summed E-state index contributed by atoms with van der Waals surface area (Å²) < 4.78 is 24.5. The van der Waals surface area contributed by atoms with E-state index in [4.69, 9.17) is 13.3 Å². The summed E-state index contributed by atoms with van der Waals surface area (Å²) in [5.74, 6) is 0. The van der Waals surface area contributed by atoms with Gasteiger partial charge in [0.25, 0.3) is 0 Å². The van der Waals surface area contributed by atoms with Crippen molar-refractivity contribution in [2.75, 3.05) is 0 Å². The highest BCUT2D eigenvalue weighted by Gasteiger charge is 2.23. The van der Waals surface area contributed by atoms with E-state index in [1.165, 1.54) is 5.39 Å². The summed E-state index contributed by atoms with van der Waals surface area (Å²) in [6.07, 6.45) is 0. The number of furan rings is 3. The maximum atomic E-state index is 7.30. The van der Waals surface area contributed by atoms with Crippen molar-refractivity contribution in [1.82, 2.24) is 9.13 Å². The lowest BCUT2D eigenvalue weighted by Gasteiger charge is -2.09. The molecule has 0 unspecified atom stereocenters. The van der Waals surface area contributed by atoms with E-state index in [-0.39, 0.29) is 0 Å². The summed E-state index contributed by atoms with van der Waals surface area (Å²) in [5.41, 5.74) is 14.2. The Morgan fingerprint density at radius 2 is 0.763 bits per heavy atom. The molecule has 0 N–H and O–H groups in total. The molecule has 0 aliphatic heterocycles. The van der Waals surface area contributed by atoms with Crippen LogP contribution in [0.3, 0.4) is 0 Å². The molecule has 5 nitrogen and oxygen atoms in total. The third-order valence-corrected chi connectivity index (χ3v) is 12.5.